The maximum absolute atomic E-state index is 14.0. The van der Waals surface area contributed by atoms with Gasteiger partial charge in [0.1, 0.15) is 6.04 Å². The highest BCUT2D eigenvalue weighted by atomic mass is 35.5. The first kappa shape index (κ1) is 31.8. The standard InChI is InChI=1S/C37H31ClF3NO3/c1-36(38)21-19-26(20-22-36)24-42(33(35(44)45)23-25-7-9-28(10-8-25)27-5-3-2-4-6-27)34(43)31-13-11-29(12-14-31)30-15-17-32(18-16-30)37(39,40)41/h2-21,33H,22-24H2,1H3,(H,44,45)/t33-,36?/m0/s1. The summed E-state index contributed by atoms with van der Waals surface area (Å²) in [5.74, 6) is -1.62. The Morgan fingerprint density at radius 1 is 0.844 bits per heavy atom. The van der Waals surface area contributed by atoms with E-state index < -0.39 is 34.5 Å². The Bertz CT molecular complexity index is 1710. The quantitative estimate of drug-likeness (QED) is 0.188. The van der Waals surface area contributed by atoms with Crippen LogP contribution in [0, 0.1) is 0 Å². The van der Waals surface area contributed by atoms with Gasteiger partial charge in [0.2, 0.25) is 0 Å². The lowest BCUT2D eigenvalue weighted by Crippen LogP contribution is -2.47. The molecule has 230 valence electrons. The Morgan fingerprint density at radius 3 is 1.89 bits per heavy atom. The van der Waals surface area contributed by atoms with E-state index in [0.29, 0.717) is 17.5 Å². The molecule has 8 heteroatoms. The fraction of sp³-hybridized carbons (Fsp3) is 0.189. The van der Waals surface area contributed by atoms with Crippen LogP contribution >= 0.6 is 11.6 Å². The van der Waals surface area contributed by atoms with Crippen LogP contribution in [-0.2, 0) is 17.4 Å². The zero-order valence-electron chi connectivity index (χ0n) is 24.5. The van der Waals surface area contributed by atoms with Crippen molar-refractivity contribution in [1.29, 1.82) is 0 Å². The third-order valence-corrected chi connectivity index (χ3v) is 8.13. The van der Waals surface area contributed by atoms with Crippen molar-refractivity contribution in [1.82, 2.24) is 4.90 Å². The smallest absolute Gasteiger partial charge is 0.416 e. The van der Waals surface area contributed by atoms with E-state index in [9.17, 15) is 27.9 Å². The van der Waals surface area contributed by atoms with E-state index in [1.54, 1.807) is 24.3 Å². The molecule has 0 aliphatic heterocycles. The minimum atomic E-state index is -4.44. The molecular formula is C37H31ClF3NO3. The summed E-state index contributed by atoms with van der Waals surface area (Å²) in [4.78, 5) is 27.5. The average molecular weight is 630 g/mol. The Hall–Kier alpha value is -4.62. The highest BCUT2D eigenvalue weighted by Crippen LogP contribution is 2.32. The molecule has 0 fully saturated rings. The summed E-state index contributed by atoms with van der Waals surface area (Å²) in [7, 11) is 0. The second kappa shape index (κ2) is 13.2. The highest BCUT2D eigenvalue weighted by molar-refractivity contribution is 6.25. The minimum absolute atomic E-state index is 0.0576. The van der Waals surface area contributed by atoms with Gasteiger partial charge in [-0.25, -0.2) is 4.79 Å². The van der Waals surface area contributed by atoms with Crippen LogP contribution in [0.15, 0.2) is 127 Å². The normalized spacial score (nSPS) is 17.0. The van der Waals surface area contributed by atoms with E-state index in [4.69, 9.17) is 11.6 Å². The minimum Gasteiger partial charge on any atom is -0.480 e. The molecule has 0 saturated heterocycles. The first-order chi connectivity index (χ1) is 21.4. The van der Waals surface area contributed by atoms with E-state index in [-0.39, 0.29) is 18.5 Å². The fourth-order valence-electron chi connectivity index (χ4n) is 5.23. The SMILES string of the molecule is CC1(Cl)C=CC(CN(C(=O)c2ccc(-c3ccc(C(F)(F)F)cc3)cc2)[C@@H](Cc2ccc(-c3ccccc3)cc2)C(=O)O)=CC1. The zero-order chi connectivity index (χ0) is 32.2. The first-order valence-corrected chi connectivity index (χ1v) is 14.8. The molecule has 1 aliphatic carbocycles. The topological polar surface area (TPSA) is 57.6 Å². The molecule has 1 aliphatic rings. The molecule has 0 saturated carbocycles. The number of carboxylic acids is 1. The lowest BCUT2D eigenvalue weighted by atomic mass is 9.95. The predicted molar refractivity (Wildman–Crippen MR) is 171 cm³/mol. The number of carbonyl (C=O) groups is 2. The Morgan fingerprint density at radius 2 is 1.38 bits per heavy atom. The summed E-state index contributed by atoms with van der Waals surface area (Å²) < 4.78 is 39.0. The number of nitrogens with zero attached hydrogens (tertiary/aromatic N) is 1. The van der Waals surface area contributed by atoms with Crippen molar-refractivity contribution >= 4 is 23.5 Å². The maximum atomic E-state index is 14.0. The number of alkyl halides is 4. The van der Waals surface area contributed by atoms with Crippen LogP contribution in [-0.4, -0.2) is 39.3 Å². The van der Waals surface area contributed by atoms with Crippen LogP contribution in [0.5, 0.6) is 0 Å². The van der Waals surface area contributed by atoms with Gasteiger partial charge in [0, 0.05) is 18.5 Å². The molecule has 0 bridgehead atoms. The number of aliphatic carboxylic acids is 1. The van der Waals surface area contributed by atoms with Gasteiger partial charge in [-0.05, 0) is 71.0 Å². The summed E-state index contributed by atoms with van der Waals surface area (Å²) in [6.07, 6.45) is 1.75. The summed E-state index contributed by atoms with van der Waals surface area (Å²) in [6.45, 7) is 1.93. The molecule has 2 atom stereocenters. The van der Waals surface area contributed by atoms with Crippen LogP contribution in [0.1, 0.15) is 34.8 Å². The molecule has 0 aromatic heterocycles. The van der Waals surface area contributed by atoms with Crippen LogP contribution in [0.4, 0.5) is 13.2 Å². The van der Waals surface area contributed by atoms with Gasteiger partial charge in [-0.2, -0.15) is 13.2 Å². The average Bonchev–Trinajstić information content (AvgIpc) is 3.03. The van der Waals surface area contributed by atoms with Gasteiger partial charge < -0.3 is 10.0 Å². The number of benzene rings is 4. The van der Waals surface area contributed by atoms with Crippen molar-refractivity contribution in [3.8, 4) is 22.3 Å². The van der Waals surface area contributed by atoms with E-state index >= 15 is 0 Å². The van der Waals surface area contributed by atoms with Gasteiger partial charge in [-0.15, -0.1) is 11.6 Å². The molecule has 0 heterocycles. The summed E-state index contributed by atoms with van der Waals surface area (Å²) in [6, 6.07) is 27.5. The third kappa shape index (κ3) is 7.91. The van der Waals surface area contributed by atoms with E-state index in [1.807, 2.05) is 79.7 Å². The molecule has 45 heavy (non-hydrogen) atoms. The van der Waals surface area contributed by atoms with Crippen LogP contribution < -0.4 is 0 Å². The number of hydrogen-bond acceptors (Lipinski definition) is 2. The van der Waals surface area contributed by atoms with E-state index in [2.05, 4.69) is 0 Å². The monoisotopic (exact) mass is 629 g/mol. The van der Waals surface area contributed by atoms with Gasteiger partial charge in [0.25, 0.3) is 5.91 Å². The van der Waals surface area contributed by atoms with Crippen molar-refractivity contribution in [3.63, 3.8) is 0 Å². The molecule has 5 rings (SSSR count). The van der Waals surface area contributed by atoms with Crippen molar-refractivity contribution < 1.29 is 27.9 Å². The largest absolute Gasteiger partial charge is 0.480 e. The third-order valence-electron chi connectivity index (χ3n) is 7.85. The van der Waals surface area contributed by atoms with Crippen molar-refractivity contribution in [2.45, 2.75) is 36.9 Å². The molecule has 1 unspecified atom stereocenters. The number of amides is 1. The molecule has 1 N–H and O–H groups in total. The number of rotatable bonds is 9. The summed E-state index contributed by atoms with van der Waals surface area (Å²) in [5, 5.41) is 10.4. The molecule has 4 aromatic carbocycles. The number of carboxylic acid groups (broad SMARTS) is 1. The van der Waals surface area contributed by atoms with Crippen molar-refractivity contribution in [2.75, 3.05) is 6.54 Å². The number of hydrogen-bond donors (Lipinski definition) is 1. The maximum Gasteiger partial charge on any atom is 0.416 e. The molecule has 0 radical (unpaired) electrons. The number of halogens is 4. The summed E-state index contributed by atoms with van der Waals surface area (Å²) >= 11 is 6.44. The molecule has 0 spiro atoms. The van der Waals surface area contributed by atoms with Crippen LogP contribution in [0.2, 0.25) is 0 Å². The second-order valence-corrected chi connectivity index (χ2v) is 12.2. The Kier molecular flexibility index (Phi) is 9.30. The molecular weight excluding hydrogens is 599 g/mol. The lowest BCUT2D eigenvalue weighted by Gasteiger charge is -2.31. The Balaban J connectivity index is 1.42. The number of carbonyl (C=O) groups excluding carboxylic acids is 1. The van der Waals surface area contributed by atoms with Gasteiger partial charge in [-0.3, -0.25) is 4.79 Å². The zero-order valence-corrected chi connectivity index (χ0v) is 25.2. The van der Waals surface area contributed by atoms with Gasteiger partial charge in [-0.1, -0.05) is 97.1 Å². The van der Waals surface area contributed by atoms with Gasteiger partial charge in [0.05, 0.1) is 10.4 Å². The van der Waals surface area contributed by atoms with Crippen molar-refractivity contribution in [2.24, 2.45) is 0 Å². The molecule has 4 nitrogen and oxygen atoms in total. The molecule has 4 aromatic rings. The first-order valence-electron chi connectivity index (χ1n) is 14.4. The number of allylic oxidation sites excluding steroid dienone is 2. The van der Waals surface area contributed by atoms with Gasteiger partial charge >= 0.3 is 12.1 Å². The summed E-state index contributed by atoms with van der Waals surface area (Å²) in [5.41, 5.74) is 4.27. The van der Waals surface area contributed by atoms with Crippen molar-refractivity contribution in [3.05, 3.63) is 144 Å². The molecule has 1 amide bonds. The highest BCUT2D eigenvalue weighted by Gasteiger charge is 2.32. The fourth-order valence-corrected chi connectivity index (χ4v) is 5.37. The lowest BCUT2D eigenvalue weighted by molar-refractivity contribution is -0.142. The van der Waals surface area contributed by atoms with Crippen LogP contribution in [0.25, 0.3) is 22.3 Å². The van der Waals surface area contributed by atoms with E-state index in [1.165, 1.54) is 17.0 Å². The van der Waals surface area contributed by atoms with Gasteiger partial charge in [0.15, 0.2) is 0 Å². The van der Waals surface area contributed by atoms with E-state index in [0.717, 1.165) is 34.4 Å². The second-order valence-electron chi connectivity index (χ2n) is 11.3. The van der Waals surface area contributed by atoms with Crippen LogP contribution in [0.3, 0.4) is 0 Å². The predicted octanol–water partition coefficient (Wildman–Crippen LogP) is 9.06. The Labute approximate surface area is 265 Å².